The molecule has 2 aromatic rings. The molecular formula is C15H16N2O2. The molecule has 0 radical (unpaired) electrons. The van der Waals surface area contributed by atoms with E-state index in [0.29, 0.717) is 17.9 Å². The minimum atomic E-state index is -0.221. The molecule has 0 aliphatic carbocycles. The van der Waals surface area contributed by atoms with Crippen molar-refractivity contribution in [3.05, 3.63) is 59.7 Å². The van der Waals surface area contributed by atoms with E-state index in [1.807, 2.05) is 24.3 Å². The first kappa shape index (κ1) is 13.1. The van der Waals surface area contributed by atoms with Gasteiger partial charge < -0.3 is 15.8 Å². The molecule has 1 amide bonds. The summed E-state index contributed by atoms with van der Waals surface area (Å²) in [6.07, 6.45) is 0. The lowest BCUT2D eigenvalue weighted by Crippen LogP contribution is -2.15. The predicted octanol–water partition coefficient (Wildman–Crippen LogP) is 2.67. The summed E-state index contributed by atoms with van der Waals surface area (Å²) in [5.74, 6) is -0.221. The smallest absolute Gasteiger partial charge is 0.257 e. The van der Waals surface area contributed by atoms with Gasteiger partial charge in [0.15, 0.2) is 0 Å². The van der Waals surface area contributed by atoms with Crippen molar-refractivity contribution in [3.63, 3.8) is 0 Å². The number of nitrogens with one attached hydrogen (secondary N) is 1. The van der Waals surface area contributed by atoms with Gasteiger partial charge in [-0.2, -0.15) is 0 Å². The second-order valence-corrected chi connectivity index (χ2v) is 4.13. The number of carbonyl (C=O) groups is 1. The number of hydrogen-bond acceptors (Lipinski definition) is 3. The number of amides is 1. The van der Waals surface area contributed by atoms with E-state index in [2.05, 4.69) is 5.32 Å². The Morgan fingerprint density at radius 1 is 1.16 bits per heavy atom. The first-order chi connectivity index (χ1) is 9.22. The molecule has 0 saturated carbocycles. The zero-order chi connectivity index (χ0) is 13.7. The lowest BCUT2D eigenvalue weighted by Gasteiger charge is -2.11. The van der Waals surface area contributed by atoms with E-state index in [-0.39, 0.29) is 5.91 Å². The number of nitrogens with two attached hydrogens (primary N) is 1. The Hall–Kier alpha value is -2.33. The minimum absolute atomic E-state index is 0.221. The second kappa shape index (κ2) is 6.02. The normalized spacial score (nSPS) is 10.2. The van der Waals surface area contributed by atoms with Crippen LogP contribution < -0.4 is 11.1 Å². The van der Waals surface area contributed by atoms with Gasteiger partial charge >= 0.3 is 0 Å². The highest BCUT2D eigenvalue weighted by Crippen LogP contribution is 2.18. The van der Waals surface area contributed by atoms with Crippen LogP contribution in [-0.2, 0) is 11.3 Å². The highest BCUT2D eigenvalue weighted by Gasteiger charge is 2.10. The number of methoxy groups -OCH3 is 1. The molecule has 4 nitrogen and oxygen atoms in total. The number of para-hydroxylation sites is 2. The van der Waals surface area contributed by atoms with Gasteiger partial charge in [-0.1, -0.05) is 30.3 Å². The van der Waals surface area contributed by atoms with Crippen LogP contribution in [-0.4, -0.2) is 13.0 Å². The molecule has 98 valence electrons. The first-order valence-corrected chi connectivity index (χ1v) is 5.95. The van der Waals surface area contributed by atoms with E-state index in [1.165, 1.54) is 0 Å². The van der Waals surface area contributed by atoms with Crippen LogP contribution in [0, 0.1) is 0 Å². The van der Waals surface area contributed by atoms with Gasteiger partial charge in [0.2, 0.25) is 0 Å². The summed E-state index contributed by atoms with van der Waals surface area (Å²) in [5.41, 5.74) is 8.37. The van der Waals surface area contributed by atoms with Crippen molar-refractivity contribution in [3.8, 4) is 0 Å². The van der Waals surface area contributed by atoms with Crippen LogP contribution in [0.15, 0.2) is 48.5 Å². The minimum Gasteiger partial charge on any atom is -0.398 e. The van der Waals surface area contributed by atoms with Gasteiger partial charge in [0.25, 0.3) is 5.91 Å². The van der Waals surface area contributed by atoms with E-state index in [0.717, 1.165) is 11.3 Å². The third-order valence-corrected chi connectivity index (χ3v) is 2.77. The molecule has 0 bridgehead atoms. The van der Waals surface area contributed by atoms with Crippen LogP contribution in [0.25, 0.3) is 0 Å². The third-order valence-electron chi connectivity index (χ3n) is 2.77. The van der Waals surface area contributed by atoms with Gasteiger partial charge in [0.1, 0.15) is 0 Å². The van der Waals surface area contributed by atoms with E-state index < -0.39 is 0 Å². The Morgan fingerprint density at radius 3 is 2.58 bits per heavy atom. The summed E-state index contributed by atoms with van der Waals surface area (Å²) in [4.78, 5) is 12.2. The molecule has 3 N–H and O–H groups in total. The summed E-state index contributed by atoms with van der Waals surface area (Å²) < 4.78 is 5.10. The maximum atomic E-state index is 12.2. The van der Waals surface area contributed by atoms with Crippen LogP contribution in [0.4, 0.5) is 11.4 Å². The van der Waals surface area contributed by atoms with Gasteiger partial charge in [-0.15, -0.1) is 0 Å². The standard InChI is InChI=1S/C15H16N2O2/c1-19-10-11-6-2-5-9-14(11)17-15(18)12-7-3-4-8-13(12)16/h2-9H,10,16H2,1H3,(H,17,18). The number of nitrogen functional groups attached to an aromatic ring is 1. The Bertz CT molecular complexity index is 582. The van der Waals surface area contributed by atoms with Crippen molar-refractivity contribution < 1.29 is 9.53 Å². The van der Waals surface area contributed by atoms with Crippen LogP contribution in [0.2, 0.25) is 0 Å². The SMILES string of the molecule is COCc1ccccc1NC(=O)c1ccccc1N. The summed E-state index contributed by atoms with van der Waals surface area (Å²) in [7, 11) is 1.62. The zero-order valence-electron chi connectivity index (χ0n) is 10.7. The Labute approximate surface area is 112 Å². The zero-order valence-corrected chi connectivity index (χ0v) is 10.7. The van der Waals surface area contributed by atoms with Gasteiger partial charge in [0, 0.05) is 24.0 Å². The van der Waals surface area contributed by atoms with Crippen molar-refractivity contribution >= 4 is 17.3 Å². The molecule has 0 fully saturated rings. The fraction of sp³-hybridized carbons (Fsp3) is 0.133. The highest BCUT2D eigenvalue weighted by atomic mass is 16.5. The molecule has 2 rings (SSSR count). The monoisotopic (exact) mass is 256 g/mol. The summed E-state index contributed by atoms with van der Waals surface area (Å²) in [6.45, 7) is 0.445. The van der Waals surface area contributed by atoms with Gasteiger partial charge in [-0.25, -0.2) is 0 Å². The van der Waals surface area contributed by atoms with Crippen LogP contribution >= 0.6 is 0 Å². The van der Waals surface area contributed by atoms with Crippen LogP contribution in [0.5, 0.6) is 0 Å². The van der Waals surface area contributed by atoms with E-state index in [4.69, 9.17) is 10.5 Å². The number of carbonyl (C=O) groups excluding carboxylic acids is 1. The summed E-state index contributed by atoms with van der Waals surface area (Å²) in [5, 5.41) is 2.85. The molecule has 0 saturated heterocycles. The van der Waals surface area contributed by atoms with Crippen molar-refractivity contribution in [2.45, 2.75) is 6.61 Å². The maximum Gasteiger partial charge on any atom is 0.257 e. The van der Waals surface area contributed by atoms with Gasteiger partial charge in [-0.05, 0) is 18.2 Å². The third kappa shape index (κ3) is 3.11. The first-order valence-electron chi connectivity index (χ1n) is 5.95. The van der Waals surface area contributed by atoms with E-state index >= 15 is 0 Å². The van der Waals surface area contributed by atoms with E-state index in [1.54, 1.807) is 31.4 Å². The summed E-state index contributed by atoms with van der Waals surface area (Å²) >= 11 is 0. The molecular weight excluding hydrogens is 240 g/mol. The van der Waals surface area contributed by atoms with Crippen molar-refractivity contribution in [1.82, 2.24) is 0 Å². The van der Waals surface area contributed by atoms with Crippen LogP contribution in [0.3, 0.4) is 0 Å². The van der Waals surface area contributed by atoms with Crippen LogP contribution in [0.1, 0.15) is 15.9 Å². The number of anilines is 2. The Morgan fingerprint density at radius 2 is 1.84 bits per heavy atom. The molecule has 0 aliphatic rings. The molecule has 0 atom stereocenters. The molecule has 0 aliphatic heterocycles. The molecule has 2 aromatic carbocycles. The van der Waals surface area contributed by atoms with E-state index in [9.17, 15) is 4.79 Å². The second-order valence-electron chi connectivity index (χ2n) is 4.13. The molecule has 0 unspecified atom stereocenters. The lowest BCUT2D eigenvalue weighted by molar-refractivity contribution is 0.102. The van der Waals surface area contributed by atoms with Crippen molar-refractivity contribution in [2.75, 3.05) is 18.2 Å². The fourth-order valence-corrected chi connectivity index (χ4v) is 1.82. The number of benzene rings is 2. The van der Waals surface area contributed by atoms with Gasteiger partial charge in [-0.3, -0.25) is 4.79 Å². The quantitative estimate of drug-likeness (QED) is 0.826. The molecule has 4 heteroatoms. The van der Waals surface area contributed by atoms with Gasteiger partial charge in [0.05, 0.1) is 12.2 Å². The average molecular weight is 256 g/mol. The fourth-order valence-electron chi connectivity index (χ4n) is 1.82. The summed E-state index contributed by atoms with van der Waals surface area (Å²) in [6, 6.07) is 14.5. The molecule has 0 spiro atoms. The Balaban J connectivity index is 2.22. The van der Waals surface area contributed by atoms with Crippen molar-refractivity contribution in [2.24, 2.45) is 0 Å². The van der Waals surface area contributed by atoms with Crippen molar-refractivity contribution in [1.29, 1.82) is 0 Å². The number of rotatable bonds is 4. The topological polar surface area (TPSA) is 64.3 Å². The molecule has 0 aromatic heterocycles. The Kier molecular flexibility index (Phi) is 4.15. The number of ether oxygens (including phenoxy) is 1. The highest BCUT2D eigenvalue weighted by molar-refractivity contribution is 6.07. The lowest BCUT2D eigenvalue weighted by atomic mass is 10.1. The molecule has 0 heterocycles. The molecule has 19 heavy (non-hydrogen) atoms. The largest absolute Gasteiger partial charge is 0.398 e. The number of hydrogen-bond donors (Lipinski definition) is 2. The average Bonchev–Trinajstić information content (AvgIpc) is 2.41. The predicted molar refractivity (Wildman–Crippen MR) is 76.0 cm³/mol. The maximum absolute atomic E-state index is 12.2.